The molecule has 0 aliphatic carbocycles. The summed E-state index contributed by atoms with van der Waals surface area (Å²) in [7, 11) is 0. The fourth-order valence-corrected chi connectivity index (χ4v) is 3.50. The molecule has 1 aromatic carbocycles. The van der Waals surface area contributed by atoms with Crippen molar-refractivity contribution in [2.24, 2.45) is 0 Å². The molecule has 0 radical (unpaired) electrons. The van der Waals surface area contributed by atoms with E-state index >= 15 is 0 Å². The van der Waals surface area contributed by atoms with Crippen LogP contribution in [-0.4, -0.2) is 27.7 Å². The lowest BCUT2D eigenvalue weighted by atomic mass is 10.1. The van der Waals surface area contributed by atoms with Gasteiger partial charge in [-0.25, -0.2) is 0 Å². The average Bonchev–Trinajstić information content (AvgIpc) is 2.66. The van der Waals surface area contributed by atoms with E-state index < -0.39 is 0 Å². The Hall–Kier alpha value is -2.14. The van der Waals surface area contributed by atoms with Crippen LogP contribution in [-0.2, 0) is 28.9 Å². The van der Waals surface area contributed by atoms with Crippen LogP contribution in [0.2, 0.25) is 0 Å². The summed E-state index contributed by atoms with van der Waals surface area (Å²) < 4.78 is 5.79. The number of Topliss-reactive ketones (excluding diaryl/α,β-unsaturated/α-hetero) is 1. The smallest absolute Gasteiger partial charge is 0.186 e. The largest absolute Gasteiger partial charge is 0.494 e. The number of nitrogens with zero attached hydrogens (tertiary/aromatic N) is 1. The highest BCUT2D eigenvalue weighted by atomic mass is 32.2. The summed E-state index contributed by atoms with van der Waals surface area (Å²) in [6.45, 7) is 5.78. The van der Waals surface area contributed by atoms with Crippen LogP contribution in [0.1, 0.15) is 44.0 Å². The van der Waals surface area contributed by atoms with Crippen molar-refractivity contribution in [3.8, 4) is 5.75 Å². The van der Waals surface area contributed by atoms with E-state index in [2.05, 4.69) is 24.0 Å². The van der Waals surface area contributed by atoms with Crippen LogP contribution in [0.15, 0.2) is 42.6 Å². The number of pyridine rings is 1. The second kappa shape index (κ2) is 10.9. The van der Waals surface area contributed by atoms with Crippen LogP contribution in [0, 0.1) is 0 Å². The first-order valence-electron chi connectivity index (χ1n) is 9.31. The summed E-state index contributed by atoms with van der Waals surface area (Å²) in [6, 6.07) is 11.9. The predicted octanol–water partition coefficient (Wildman–Crippen LogP) is 4.44. The third-order valence-electron chi connectivity index (χ3n) is 4.25. The highest BCUT2D eigenvalue weighted by Crippen LogP contribution is 2.20. The highest BCUT2D eigenvalue weighted by molar-refractivity contribution is 8.14. The van der Waals surface area contributed by atoms with Crippen molar-refractivity contribution in [1.29, 1.82) is 0 Å². The maximum atomic E-state index is 11.7. The van der Waals surface area contributed by atoms with Crippen LogP contribution >= 0.6 is 11.8 Å². The van der Waals surface area contributed by atoms with Gasteiger partial charge in [0.25, 0.3) is 0 Å². The maximum Gasteiger partial charge on any atom is 0.186 e. The Labute approximate surface area is 165 Å². The van der Waals surface area contributed by atoms with Crippen LogP contribution in [0.25, 0.3) is 0 Å². The molecule has 1 heterocycles. The van der Waals surface area contributed by atoms with Gasteiger partial charge < -0.3 is 4.74 Å². The van der Waals surface area contributed by atoms with Gasteiger partial charge in [0.1, 0.15) is 11.5 Å². The van der Waals surface area contributed by atoms with Gasteiger partial charge in [-0.2, -0.15) is 0 Å². The summed E-state index contributed by atoms with van der Waals surface area (Å²) in [6.07, 6.45) is 5.30. The Morgan fingerprint density at radius 3 is 2.33 bits per heavy atom. The molecule has 2 rings (SSSR count). The van der Waals surface area contributed by atoms with Crippen molar-refractivity contribution >= 4 is 22.7 Å². The lowest BCUT2D eigenvalue weighted by Gasteiger charge is -2.12. The number of thioether (sulfide) groups is 1. The van der Waals surface area contributed by atoms with Crippen molar-refractivity contribution < 1.29 is 14.3 Å². The molecule has 0 amide bonds. The van der Waals surface area contributed by atoms with E-state index in [0.29, 0.717) is 13.0 Å². The van der Waals surface area contributed by atoms with E-state index in [1.807, 2.05) is 30.5 Å². The van der Waals surface area contributed by atoms with Gasteiger partial charge in [0, 0.05) is 18.8 Å². The van der Waals surface area contributed by atoms with Crippen molar-refractivity contribution in [1.82, 2.24) is 4.98 Å². The molecular weight excluding hydrogens is 358 g/mol. The van der Waals surface area contributed by atoms with E-state index in [4.69, 9.17) is 4.74 Å². The van der Waals surface area contributed by atoms with Crippen molar-refractivity contribution in [3.05, 3.63) is 59.4 Å². The second-order valence-electron chi connectivity index (χ2n) is 6.52. The molecule has 4 nitrogen and oxygen atoms in total. The Bertz CT molecular complexity index is 741. The minimum Gasteiger partial charge on any atom is -0.494 e. The number of carbonyl (C=O) groups is 2. The van der Waals surface area contributed by atoms with Crippen LogP contribution in [0.5, 0.6) is 5.75 Å². The van der Waals surface area contributed by atoms with Crippen LogP contribution in [0.3, 0.4) is 0 Å². The summed E-state index contributed by atoms with van der Waals surface area (Å²) >= 11 is 1.10. The molecule has 1 aromatic heterocycles. The molecule has 2 aromatic rings. The number of hydrogen-bond donors (Lipinski definition) is 0. The number of aryl methyl sites for hydroxylation is 2. The summed E-state index contributed by atoms with van der Waals surface area (Å²) in [4.78, 5) is 27.4. The van der Waals surface area contributed by atoms with E-state index in [1.165, 1.54) is 19.4 Å². The quantitative estimate of drug-likeness (QED) is 0.566. The minimum atomic E-state index is -0.319. The average molecular weight is 386 g/mol. The molecule has 0 spiro atoms. The van der Waals surface area contributed by atoms with Gasteiger partial charge in [0.2, 0.25) is 0 Å². The van der Waals surface area contributed by atoms with Gasteiger partial charge in [-0.15, -0.1) is 0 Å². The fourth-order valence-electron chi connectivity index (χ4n) is 2.66. The first kappa shape index (κ1) is 21.2. The first-order chi connectivity index (χ1) is 13.0. The fraction of sp³-hybridized carbons (Fsp3) is 0.409. The van der Waals surface area contributed by atoms with Gasteiger partial charge in [-0.1, -0.05) is 36.9 Å². The number of benzene rings is 1. The van der Waals surface area contributed by atoms with Gasteiger partial charge >= 0.3 is 0 Å². The molecule has 0 saturated heterocycles. The number of ether oxygens (including phenoxy) is 1. The molecule has 0 aliphatic heterocycles. The highest BCUT2D eigenvalue weighted by Gasteiger charge is 2.17. The van der Waals surface area contributed by atoms with Crippen LogP contribution in [0.4, 0.5) is 0 Å². The summed E-state index contributed by atoms with van der Waals surface area (Å²) in [5.41, 5.74) is 3.37. The third-order valence-corrected chi connectivity index (χ3v) is 5.36. The number of rotatable bonds is 10. The predicted molar refractivity (Wildman–Crippen MR) is 110 cm³/mol. The van der Waals surface area contributed by atoms with Gasteiger partial charge in [-0.05, 0) is 61.9 Å². The molecule has 0 fully saturated rings. The zero-order chi connectivity index (χ0) is 19.6. The lowest BCUT2D eigenvalue weighted by Crippen LogP contribution is -2.18. The molecule has 1 unspecified atom stereocenters. The first-order valence-corrected chi connectivity index (χ1v) is 10.2. The molecule has 0 bridgehead atoms. The van der Waals surface area contributed by atoms with Crippen LogP contribution < -0.4 is 4.74 Å². The van der Waals surface area contributed by atoms with Gasteiger partial charge in [-0.3, -0.25) is 14.6 Å². The molecule has 5 heteroatoms. The van der Waals surface area contributed by atoms with E-state index in [-0.39, 0.29) is 16.1 Å². The van der Waals surface area contributed by atoms with Crippen molar-refractivity contribution in [2.75, 3.05) is 6.61 Å². The van der Waals surface area contributed by atoms with E-state index in [9.17, 15) is 9.59 Å². The Balaban J connectivity index is 1.77. The van der Waals surface area contributed by atoms with Crippen molar-refractivity contribution in [2.45, 2.75) is 51.7 Å². The van der Waals surface area contributed by atoms with Gasteiger partial charge in [0.15, 0.2) is 5.12 Å². The molecule has 0 aliphatic rings. The molecule has 1 atom stereocenters. The maximum absolute atomic E-state index is 11.7. The third kappa shape index (κ3) is 7.55. The minimum absolute atomic E-state index is 0.0242. The van der Waals surface area contributed by atoms with Crippen molar-refractivity contribution in [3.63, 3.8) is 0 Å². The zero-order valence-electron chi connectivity index (χ0n) is 16.2. The standard InChI is InChI=1S/C22H27NO3S/c1-4-18-7-10-20(23-15-18)6-5-13-26-21-11-8-19(9-12-21)14-22(16(2)24)27-17(3)25/h7-12,15,22H,4-6,13-14H2,1-3H3. The lowest BCUT2D eigenvalue weighted by molar-refractivity contribution is -0.117. The molecule has 144 valence electrons. The molecule has 27 heavy (non-hydrogen) atoms. The summed E-state index contributed by atoms with van der Waals surface area (Å²) in [5.74, 6) is 0.836. The number of carbonyl (C=O) groups excluding carboxylic acids is 2. The summed E-state index contributed by atoms with van der Waals surface area (Å²) in [5, 5.41) is -0.352. The number of ketones is 1. The number of hydrogen-bond acceptors (Lipinski definition) is 5. The number of aromatic nitrogens is 1. The molecular formula is C22H27NO3S. The normalized spacial score (nSPS) is 11.8. The molecule has 0 saturated carbocycles. The Morgan fingerprint density at radius 1 is 1.07 bits per heavy atom. The topological polar surface area (TPSA) is 56.3 Å². The monoisotopic (exact) mass is 385 g/mol. The van der Waals surface area contributed by atoms with Gasteiger partial charge in [0.05, 0.1) is 11.9 Å². The van der Waals surface area contributed by atoms with E-state index in [1.54, 1.807) is 0 Å². The van der Waals surface area contributed by atoms with E-state index in [0.717, 1.165) is 48.0 Å². The Morgan fingerprint density at radius 2 is 1.78 bits per heavy atom. The molecule has 0 N–H and O–H groups in total. The Kier molecular flexibility index (Phi) is 8.52. The second-order valence-corrected chi connectivity index (χ2v) is 7.90. The zero-order valence-corrected chi connectivity index (χ0v) is 17.1. The SMILES string of the molecule is CCc1ccc(CCCOc2ccc(CC(SC(C)=O)C(C)=O)cc2)nc1.